The van der Waals surface area contributed by atoms with Crippen LogP contribution >= 0.6 is 0 Å². The summed E-state index contributed by atoms with van der Waals surface area (Å²) < 4.78 is 6.51. The molecule has 0 aliphatic carbocycles. The van der Waals surface area contributed by atoms with E-state index in [9.17, 15) is 10.1 Å². The van der Waals surface area contributed by atoms with E-state index in [0.29, 0.717) is 11.3 Å². The van der Waals surface area contributed by atoms with Gasteiger partial charge in [-0.1, -0.05) is 42.5 Å². The second-order valence-corrected chi connectivity index (χ2v) is 6.73. The van der Waals surface area contributed by atoms with Gasteiger partial charge >= 0.3 is 0 Å². The molecule has 5 rings (SSSR count). The zero-order valence-corrected chi connectivity index (χ0v) is 14.6. The molecular formula is C22H16N2O3. The number of benzene rings is 3. The number of ether oxygens (including phenoxy) is 1. The third-order valence-electron chi connectivity index (χ3n) is 5.33. The minimum Gasteiger partial charge on any atom is -0.459 e. The maximum absolute atomic E-state index is 11.1. The van der Waals surface area contributed by atoms with Gasteiger partial charge in [-0.2, -0.15) is 0 Å². The Kier molecular flexibility index (Phi) is 3.15. The molecule has 5 heteroatoms. The van der Waals surface area contributed by atoms with Crippen LogP contribution in [0.15, 0.2) is 72.8 Å². The quantitative estimate of drug-likeness (QED) is 0.456. The third-order valence-corrected chi connectivity index (χ3v) is 5.33. The highest BCUT2D eigenvalue weighted by molar-refractivity contribution is 5.87. The van der Waals surface area contributed by atoms with Gasteiger partial charge in [-0.15, -0.1) is 0 Å². The standard InChI is InChI=1S/C22H16N2O3/c1-23-20-9-5-3-7-18(20)17-6-2-4-8-19(17)22(23)13-12-15-14-16(24(25)26)10-11-21(15)27-22/h2-14H,1H3/t22-/m1/s1. The van der Waals surface area contributed by atoms with Crippen molar-refractivity contribution >= 4 is 17.5 Å². The SMILES string of the molecule is CN1c2ccccc2-c2ccccc2[C@]12C=Cc1cc([N+](=O)[O-])ccc1O2. The van der Waals surface area contributed by atoms with Gasteiger partial charge in [0, 0.05) is 41.6 Å². The molecule has 132 valence electrons. The second-order valence-electron chi connectivity index (χ2n) is 6.73. The summed E-state index contributed by atoms with van der Waals surface area (Å²) in [6.45, 7) is 0. The van der Waals surface area contributed by atoms with E-state index in [1.165, 1.54) is 6.07 Å². The van der Waals surface area contributed by atoms with E-state index in [-0.39, 0.29) is 5.69 Å². The fourth-order valence-electron chi connectivity index (χ4n) is 3.99. The third kappa shape index (κ3) is 2.11. The van der Waals surface area contributed by atoms with Crippen molar-refractivity contribution in [2.24, 2.45) is 0 Å². The van der Waals surface area contributed by atoms with Crippen molar-refractivity contribution < 1.29 is 9.66 Å². The number of para-hydroxylation sites is 1. The van der Waals surface area contributed by atoms with Gasteiger partial charge in [0.15, 0.2) is 0 Å². The summed E-state index contributed by atoms with van der Waals surface area (Å²) in [4.78, 5) is 12.8. The van der Waals surface area contributed by atoms with E-state index in [2.05, 4.69) is 29.2 Å². The van der Waals surface area contributed by atoms with Crippen LogP contribution in [-0.4, -0.2) is 12.0 Å². The average molecular weight is 356 g/mol. The molecule has 0 fully saturated rings. The predicted molar refractivity (Wildman–Crippen MR) is 105 cm³/mol. The smallest absolute Gasteiger partial charge is 0.270 e. The van der Waals surface area contributed by atoms with E-state index >= 15 is 0 Å². The molecule has 2 heterocycles. The fourth-order valence-corrected chi connectivity index (χ4v) is 3.99. The normalized spacial score (nSPS) is 19.1. The number of non-ortho nitro benzene ring substituents is 1. The molecular weight excluding hydrogens is 340 g/mol. The molecule has 0 saturated carbocycles. The number of nitrogens with zero attached hydrogens (tertiary/aromatic N) is 2. The lowest BCUT2D eigenvalue weighted by Crippen LogP contribution is -2.50. The van der Waals surface area contributed by atoms with Gasteiger partial charge in [-0.05, 0) is 29.8 Å². The Morgan fingerprint density at radius 1 is 1.00 bits per heavy atom. The molecule has 0 saturated heterocycles. The van der Waals surface area contributed by atoms with E-state index in [0.717, 1.165) is 22.4 Å². The summed E-state index contributed by atoms with van der Waals surface area (Å²) in [7, 11) is 2.01. The maximum Gasteiger partial charge on any atom is 0.270 e. The van der Waals surface area contributed by atoms with Gasteiger partial charge in [-0.3, -0.25) is 10.1 Å². The summed E-state index contributed by atoms with van der Waals surface area (Å²) in [6.07, 6.45) is 3.89. The Balaban J connectivity index is 1.72. The molecule has 0 N–H and O–H groups in total. The van der Waals surface area contributed by atoms with Crippen LogP contribution in [0.3, 0.4) is 0 Å². The first-order chi connectivity index (χ1) is 13.1. The summed E-state index contributed by atoms with van der Waals surface area (Å²) in [6, 6.07) is 21.1. The lowest BCUT2D eigenvalue weighted by atomic mass is 9.84. The number of anilines is 1. The van der Waals surface area contributed by atoms with Crippen LogP contribution in [0.2, 0.25) is 0 Å². The summed E-state index contributed by atoms with van der Waals surface area (Å²) in [5, 5.41) is 11.1. The molecule has 3 aromatic rings. The van der Waals surface area contributed by atoms with Crippen LogP contribution in [0.25, 0.3) is 17.2 Å². The number of fused-ring (bicyclic) bond motifs is 5. The summed E-state index contributed by atoms with van der Waals surface area (Å²) >= 11 is 0. The lowest BCUT2D eigenvalue weighted by Gasteiger charge is -2.47. The number of hydrogen-bond donors (Lipinski definition) is 0. The summed E-state index contributed by atoms with van der Waals surface area (Å²) in [5.74, 6) is 0.629. The molecule has 0 unspecified atom stereocenters. The molecule has 2 aliphatic heterocycles. The first kappa shape index (κ1) is 15.6. The van der Waals surface area contributed by atoms with Crippen LogP contribution in [0.5, 0.6) is 5.75 Å². The fraction of sp³-hybridized carbons (Fsp3) is 0.0909. The summed E-state index contributed by atoms with van der Waals surface area (Å²) in [5.41, 5.74) is 4.38. The maximum atomic E-state index is 11.1. The van der Waals surface area contributed by atoms with Crippen LogP contribution in [0, 0.1) is 10.1 Å². The van der Waals surface area contributed by atoms with Crippen LogP contribution in [-0.2, 0) is 5.72 Å². The van der Waals surface area contributed by atoms with E-state index in [1.54, 1.807) is 12.1 Å². The highest BCUT2D eigenvalue weighted by atomic mass is 16.6. The molecule has 27 heavy (non-hydrogen) atoms. The topological polar surface area (TPSA) is 55.6 Å². The Morgan fingerprint density at radius 3 is 2.56 bits per heavy atom. The minimum atomic E-state index is -0.798. The van der Waals surface area contributed by atoms with Crippen molar-refractivity contribution in [3.8, 4) is 16.9 Å². The minimum absolute atomic E-state index is 0.0562. The molecule has 1 spiro atoms. The number of likely N-dealkylation sites (N-methyl/N-ethyl adjacent to an activating group) is 1. The number of rotatable bonds is 1. The zero-order valence-electron chi connectivity index (χ0n) is 14.6. The largest absolute Gasteiger partial charge is 0.459 e. The van der Waals surface area contributed by atoms with Crippen molar-refractivity contribution in [3.05, 3.63) is 94.0 Å². The highest BCUT2D eigenvalue weighted by Gasteiger charge is 2.45. The van der Waals surface area contributed by atoms with E-state index in [4.69, 9.17) is 4.74 Å². The molecule has 3 aromatic carbocycles. The average Bonchev–Trinajstić information content (AvgIpc) is 2.71. The molecule has 0 amide bonds. The van der Waals surface area contributed by atoms with Gasteiger partial charge in [0.1, 0.15) is 5.75 Å². The molecule has 0 bridgehead atoms. The Bertz CT molecular complexity index is 1120. The molecule has 1 atom stereocenters. The lowest BCUT2D eigenvalue weighted by molar-refractivity contribution is -0.384. The van der Waals surface area contributed by atoms with Gasteiger partial charge in [-0.25, -0.2) is 0 Å². The van der Waals surface area contributed by atoms with Crippen LogP contribution in [0.4, 0.5) is 11.4 Å². The predicted octanol–water partition coefficient (Wildman–Crippen LogP) is 4.97. The Hall–Kier alpha value is -3.60. The van der Waals surface area contributed by atoms with Crippen molar-refractivity contribution in [2.45, 2.75) is 5.72 Å². The molecule has 0 radical (unpaired) electrons. The Labute approximate surface area is 156 Å². The molecule has 2 aliphatic rings. The number of nitro groups is 1. The van der Waals surface area contributed by atoms with Gasteiger partial charge in [0.2, 0.25) is 5.72 Å². The number of nitro benzene ring substituents is 1. The first-order valence-corrected chi connectivity index (χ1v) is 8.69. The van der Waals surface area contributed by atoms with Gasteiger partial charge < -0.3 is 9.64 Å². The first-order valence-electron chi connectivity index (χ1n) is 8.69. The van der Waals surface area contributed by atoms with Gasteiger partial charge in [0.05, 0.1) is 4.92 Å². The monoisotopic (exact) mass is 356 g/mol. The van der Waals surface area contributed by atoms with Crippen LogP contribution < -0.4 is 9.64 Å². The zero-order chi connectivity index (χ0) is 18.6. The van der Waals surface area contributed by atoms with Crippen molar-refractivity contribution in [3.63, 3.8) is 0 Å². The highest BCUT2D eigenvalue weighted by Crippen LogP contribution is 2.50. The Morgan fingerprint density at radius 2 is 1.74 bits per heavy atom. The second kappa shape index (κ2) is 5.45. The van der Waals surface area contributed by atoms with E-state index in [1.807, 2.05) is 43.5 Å². The molecule has 5 nitrogen and oxygen atoms in total. The van der Waals surface area contributed by atoms with Crippen molar-refractivity contribution in [1.29, 1.82) is 0 Å². The number of hydrogen-bond acceptors (Lipinski definition) is 4. The van der Waals surface area contributed by atoms with Crippen molar-refractivity contribution in [1.82, 2.24) is 0 Å². The van der Waals surface area contributed by atoms with Crippen molar-refractivity contribution in [2.75, 3.05) is 11.9 Å². The van der Waals surface area contributed by atoms with Crippen LogP contribution in [0.1, 0.15) is 11.1 Å². The van der Waals surface area contributed by atoms with Gasteiger partial charge in [0.25, 0.3) is 5.69 Å². The molecule has 0 aromatic heterocycles. The van der Waals surface area contributed by atoms with E-state index < -0.39 is 10.6 Å².